The maximum Gasteiger partial charge on any atom is 0.238 e. The molecule has 1 aliphatic rings. The third-order valence-electron chi connectivity index (χ3n) is 11.3. The normalized spacial score (nSPS) is 12.7. The van der Waals surface area contributed by atoms with Crippen molar-refractivity contribution < 1.29 is 8.83 Å². The summed E-state index contributed by atoms with van der Waals surface area (Å²) >= 11 is 0. The van der Waals surface area contributed by atoms with Gasteiger partial charge in [-0.15, -0.1) is 0 Å². The van der Waals surface area contributed by atoms with Crippen LogP contribution in [-0.2, 0) is 6.42 Å². The van der Waals surface area contributed by atoms with E-state index in [1.54, 1.807) is 0 Å². The number of benzene rings is 7. The lowest BCUT2D eigenvalue weighted by molar-refractivity contribution is 0.546. The Bertz CT molecular complexity index is 3390. The monoisotopic (exact) mass is 732 g/mol. The minimum absolute atomic E-state index is 0.529. The highest BCUT2D eigenvalue weighted by atomic mass is 16.3. The first-order chi connectivity index (χ1) is 28.2. The van der Waals surface area contributed by atoms with E-state index in [4.69, 9.17) is 23.8 Å². The van der Waals surface area contributed by atoms with Crippen LogP contribution in [0.15, 0.2) is 173 Å². The van der Waals surface area contributed by atoms with Gasteiger partial charge in [-0.3, -0.25) is 4.57 Å². The van der Waals surface area contributed by atoms with Crippen LogP contribution in [0, 0.1) is 0 Å². The van der Waals surface area contributed by atoms with Gasteiger partial charge in [0.1, 0.15) is 22.5 Å². The van der Waals surface area contributed by atoms with Gasteiger partial charge >= 0.3 is 0 Å². The van der Waals surface area contributed by atoms with Crippen molar-refractivity contribution in [2.45, 2.75) is 12.8 Å². The van der Waals surface area contributed by atoms with Crippen LogP contribution in [-0.4, -0.2) is 19.5 Å². The van der Waals surface area contributed by atoms with Crippen LogP contribution in [0.1, 0.15) is 17.7 Å². The molecule has 0 spiro atoms. The van der Waals surface area contributed by atoms with Crippen LogP contribution in [0.4, 0.5) is 0 Å². The number of para-hydroxylation sites is 2. The molecule has 0 aliphatic heterocycles. The van der Waals surface area contributed by atoms with Gasteiger partial charge in [0.2, 0.25) is 5.95 Å². The van der Waals surface area contributed by atoms with Gasteiger partial charge in [0, 0.05) is 44.7 Å². The van der Waals surface area contributed by atoms with Crippen LogP contribution < -0.4 is 0 Å². The predicted octanol–water partition coefficient (Wildman–Crippen LogP) is 13.2. The molecule has 0 bridgehead atoms. The summed E-state index contributed by atoms with van der Waals surface area (Å²) in [5, 5.41) is 5.44. The molecule has 12 rings (SSSR count). The molecule has 11 aromatic rings. The Morgan fingerprint density at radius 3 is 1.98 bits per heavy atom. The van der Waals surface area contributed by atoms with Crippen LogP contribution in [0.2, 0.25) is 0 Å². The van der Waals surface area contributed by atoms with Gasteiger partial charge < -0.3 is 8.83 Å². The predicted molar refractivity (Wildman–Crippen MR) is 230 cm³/mol. The second-order valence-electron chi connectivity index (χ2n) is 14.7. The fourth-order valence-electron chi connectivity index (χ4n) is 8.69. The molecule has 0 saturated heterocycles. The number of aromatic nitrogens is 4. The van der Waals surface area contributed by atoms with E-state index < -0.39 is 0 Å². The van der Waals surface area contributed by atoms with Crippen molar-refractivity contribution >= 4 is 60.8 Å². The molecule has 0 saturated carbocycles. The lowest BCUT2D eigenvalue weighted by atomic mass is 9.97. The van der Waals surface area contributed by atoms with E-state index >= 15 is 0 Å². The van der Waals surface area contributed by atoms with Gasteiger partial charge in [-0.05, 0) is 65.1 Å². The fourth-order valence-corrected chi connectivity index (χ4v) is 8.69. The lowest BCUT2D eigenvalue weighted by Crippen LogP contribution is -2.07. The smallest absolute Gasteiger partial charge is 0.238 e. The lowest BCUT2D eigenvalue weighted by Gasteiger charge is -2.13. The van der Waals surface area contributed by atoms with Crippen molar-refractivity contribution in [2.75, 3.05) is 0 Å². The summed E-state index contributed by atoms with van der Waals surface area (Å²) in [4.78, 5) is 16.0. The Morgan fingerprint density at radius 2 is 1.16 bits per heavy atom. The van der Waals surface area contributed by atoms with Crippen LogP contribution in [0.5, 0.6) is 0 Å². The van der Waals surface area contributed by atoms with E-state index in [1.165, 1.54) is 0 Å². The summed E-state index contributed by atoms with van der Waals surface area (Å²) in [7, 11) is 0. The highest BCUT2D eigenvalue weighted by Crippen LogP contribution is 2.43. The number of rotatable bonds is 5. The summed E-state index contributed by atoms with van der Waals surface area (Å²) in [5.74, 6) is 2.67. The molecule has 0 N–H and O–H groups in total. The van der Waals surface area contributed by atoms with Crippen molar-refractivity contribution in [3.05, 3.63) is 175 Å². The molecule has 6 nitrogen and oxygen atoms in total. The average Bonchev–Trinajstić information content (AvgIpc) is 3.96. The summed E-state index contributed by atoms with van der Waals surface area (Å²) < 4.78 is 15.3. The highest BCUT2D eigenvalue weighted by molar-refractivity contribution is 6.20. The number of nitrogens with zero attached hydrogens (tertiary/aromatic N) is 4. The summed E-state index contributed by atoms with van der Waals surface area (Å²) in [5.41, 5.74) is 11.8. The van der Waals surface area contributed by atoms with Crippen molar-refractivity contribution in [1.82, 2.24) is 19.5 Å². The Kier molecular flexibility index (Phi) is 6.95. The highest BCUT2D eigenvalue weighted by Gasteiger charge is 2.25. The molecule has 4 heterocycles. The van der Waals surface area contributed by atoms with E-state index in [0.29, 0.717) is 17.6 Å². The fraction of sp³-hybridized carbons (Fsp3) is 0.0392. The van der Waals surface area contributed by atoms with E-state index in [0.717, 1.165) is 112 Å². The number of fused-ring (bicyclic) bond motifs is 10. The molecule has 0 radical (unpaired) electrons. The number of furan rings is 2. The van der Waals surface area contributed by atoms with Crippen LogP contribution >= 0.6 is 0 Å². The molecule has 268 valence electrons. The first-order valence-corrected chi connectivity index (χ1v) is 19.3. The largest absolute Gasteiger partial charge is 0.460 e. The third kappa shape index (κ3) is 5.00. The van der Waals surface area contributed by atoms with Crippen molar-refractivity contribution in [1.29, 1.82) is 0 Å². The molecule has 6 heteroatoms. The molecule has 0 unspecified atom stereocenters. The van der Waals surface area contributed by atoms with Gasteiger partial charge in [-0.2, -0.15) is 9.97 Å². The maximum absolute atomic E-state index is 6.56. The maximum atomic E-state index is 6.56. The molecule has 7 aromatic carbocycles. The Morgan fingerprint density at radius 1 is 0.474 bits per heavy atom. The van der Waals surface area contributed by atoms with Gasteiger partial charge in [0.25, 0.3) is 0 Å². The van der Waals surface area contributed by atoms with E-state index in [1.807, 2.05) is 24.3 Å². The summed E-state index contributed by atoms with van der Waals surface area (Å²) in [6, 6.07) is 54.6. The first-order valence-electron chi connectivity index (χ1n) is 19.3. The zero-order valence-corrected chi connectivity index (χ0v) is 30.7. The van der Waals surface area contributed by atoms with Gasteiger partial charge in [0.15, 0.2) is 11.6 Å². The van der Waals surface area contributed by atoms with Crippen molar-refractivity contribution in [3.8, 4) is 51.0 Å². The molecule has 1 aliphatic carbocycles. The average molecular weight is 733 g/mol. The zero-order valence-electron chi connectivity index (χ0n) is 30.7. The number of allylic oxidation sites excluding steroid dienone is 1. The Labute approximate surface area is 327 Å². The van der Waals surface area contributed by atoms with Gasteiger partial charge in [0.05, 0.1) is 16.4 Å². The van der Waals surface area contributed by atoms with Gasteiger partial charge in [-0.1, -0.05) is 133 Å². The number of hydrogen-bond donors (Lipinski definition) is 0. The SMILES string of the molecule is C1=Cc2c(oc3ccc4c5ccccc5n(-c5nc(-c6ccc(-c7ccccc7)cc6)nc(-c6cc(-c7ccccc7)c7c(c6)oc6ccccc67)n5)c4c23)CC1. The molecule has 4 aromatic heterocycles. The molecule has 0 fully saturated rings. The molecule has 0 amide bonds. The second kappa shape index (κ2) is 12.5. The number of aryl methyl sites for hydroxylation is 1. The molecule has 0 atom stereocenters. The molecular formula is C51H32N4O2. The Hall–Kier alpha value is -7.57. The third-order valence-corrected chi connectivity index (χ3v) is 11.3. The van der Waals surface area contributed by atoms with Gasteiger partial charge in [-0.25, -0.2) is 4.98 Å². The van der Waals surface area contributed by atoms with E-state index in [-0.39, 0.29) is 0 Å². The minimum atomic E-state index is 0.529. The van der Waals surface area contributed by atoms with Crippen LogP contribution in [0.3, 0.4) is 0 Å². The van der Waals surface area contributed by atoms with E-state index in [2.05, 4.69) is 150 Å². The Balaban J connectivity index is 1.16. The second-order valence-corrected chi connectivity index (χ2v) is 14.7. The zero-order chi connectivity index (χ0) is 37.5. The molecular weight excluding hydrogens is 701 g/mol. The van der Waals surface area contributed by atoms with E-state index in [9.17, 15) is 0 Å². The standard InChI is InChI=1S/C51H32N4O2/c1-3-13-31(14-4-1)32-23-25-34(26-24-32)49-52-50(35-29-40(33-15-5-2-6-16-33)46-38-18-8-11-21-42(38)57-45(46)30-35)54-51(53-49)55-41-20-10-7-17-36(41)37-27-28-44-47(48(37)55)39-19-9-12-22-43(39)56-44/h1-11,13-21,23-30H,12,22H2. The quantitative estimate of drug-likeness (QED) is 0.176. The molecule has 57 heavy (non-hydrogen) atoms. The number of hydrogen-bond acceptors (Lipinski definition) is 5. The minimum Gasteiger partial charge on any atom is -0.460 e. The van der Waals surface area contributed by atoms with Crippen molar-refractivity contribution in [3.63, 3.8) is 0 Å². The summed E-state index contributed by atoms with van der Waals surface area (Å²) in [6.45, 7) is 0. The first kappa shape index (κ1) is 31.7. The van der Waals surface area contributed by atoms with Crippen molar-refractivity contribution in [2.24, 2.45) is 0 Å². The summed E-state index contributed by atoms with van der Waals surface area (Å²) in [6.07, 6.45) is 6.27. The topological polar surface area (TPSA) is 69.9 Å². The van der Waals surface area contributed by atoms with Crippen LogP contribution in [0.25, 0.3) is 112 Å².